The van der Waals surface area contributed by atoms with Gasteiger partial charge in [0.25, 0.3) is 0 Å². The van der Waals surface area contributed by atoms with Gasteiger partial charge in [-0.1, -0.05) is 30.3 Å². The highest BCUT2D eigenvalue weighted by Crippen LogP contribution is 2.20. The SMILES string of the molecule is CC1CCC(CN)CN1CC(=O)NCCc1ccccc1. The predicted molar refractivity (Wildman–Crippen MR) is 86.0 cm³/mol. The Labute approximate surface area is 127 Å². The standard InChI is InChI=1S/C17H27N3O/c1-14-7-8-16(11-18)12-20(14)13-17(21)19-10-9-15-5-3-2-4-6-15/h2-6,14,16H,7-13,18H2,1H3,(H,19,21). The Kier molecular flexibility index (Phi) is 6.21. The van der Waals surface area contributed by atoms with Crippen LogP contribution >= 0.6 is 0 Å². The Balaban J connectivity index is 1.71. The Bertz CT molecular complexity index is 435. The van der Waals surface area contributed by atoms with Gasteiger partial charge in [0.15, 0.2) is 0 Å². The molecule has 0 spiro atoms. The van der Waals surface area contributed by atoms with Gasteiger partial charge in [-0.15, -0.1) is 0 Å². The summed E-state index contributed by atoms with van der Waals surface area (Å²) < 4.78 is 0. The minimum Gasteiger partial charge on any atom is -0.355 e. The van der Waals surface area contributed by atoms with Crippen LogP contribution in [-0.4, -0.2) is 43.0 Å². The molecule has 21 heavy (non-hydrogen) atoms. The summed E-state index contributed by atoms with van der Waals surface area (Å²) in [6.07, 6.45) is 3.20. The summed E-state index contributed by atoms with van der Waals surface area (Å²) in [7, 11) is 0. The Morgan fingerprint density at radius 2 is 2.10 bits per heavy atom. The molecule has 1 aromatic carbocycles. The van der Waals surface area contributed by atoms with E-state index in [1.54, 1.807) is 0 Å². The van der Waals surface area contributed by atoms with E-state index < -0.39 is 0 Å². The maximum absolute atomic E-state index is 12.1. The average Bonchev–Trinajstić information content (AvgIpc) is 2.50. The number of hydrogen-bond acceptors (Lipinski definition) is 3. The molecule has 0 radical (unpaired) electrons. The van der Waals surface area contributed by atoms with E-state index in [0.717, 1.165) is 25.9 Å². The first-order chi connectivity index (χ1) is 10.2. The fourth-order valence-electron chi connectivity index (χ4n) is 2.91. The molecule has 1 heterocycles. The summed E-state index contributed by atoms with van der Waals surface area (Å²) in [6.45, 7) is 5.06. The fourth-order valence-corrected chi connectivity index (χ4v) is 2.91. The van der Waals surface area contributed by atoms with Crippen LogP contribution in [0.25, 0.3) is 0 Å². The third-order valence-corrected chi connectivity index (χ3v) is 4.37. The second-order valence-electron chi connectivity index (χ2n) is 6.04. The Morgan fingerprint density at radius 1 is 1.33 bits per heavy atom. The molecule has 116 valence electrons. The zero-order chi connectivity index (χ0) is 15.1. The van der Waals surface area contributed by atoms with Crippen LogP contribution < -0.4 is 11.1 Å². The number of amides is 1. The number of nitrogens with two attached hydrogens (primary N) is 1. The summed E-state index contributed by atoms with van der Waals surface area (Å²) >= 11 is 0. The highest BCUT2D eigenvalue weighted by molar-refractivity contribution is 5.78. The minimum atomic E-state index is 0.121. The largest absolute Gasteiger partial charge is 0.355 e. The molecule has 1 fully saturated rings. The number of hydrogen-bond donors (Lipinski definition) is 2. The fraction of sp³-hybridized carbons (Fsp3) is 0.588. The number of nitrogens with zero attached hydrogens (tertiary/aromatic N) is 1. The lowest BCUT2D eigenvalue weighted by Gasteiger charge is -2.37. The quantitative estimate of drug-likeness (QED) is 0.832. The second kappa shape index (κ2) is 8.15. The molecule has 0 saturated carbocycles. The van der Waals surface area contributed by atoms with Crippen molar-refractivity contribution in [3.8, 4) is 0 Å². The molecule has 4 heteroatoms. The van der Waals surface area contributed by atoms with Crippen LogP contribution in [0, 0.1) is 5.92 Å². The number of piperidine rings is 1. The van der Waals surface area contributed by atoms with E-state index in [-0.39, 0.29) is 5.91 Å². The van der Waals surface area contributed by atoms with Gasteiger partial charge in [0, 0.05) is 19.1 Å². The maximum Gasteiger partial charge on any atom is 0.234 e. The lowest BCUT2D eigenvalue weighted by Crippen LogP contribution is -2.48. The third-order valence-electron chi connectivity index (χ3n) is 4.37. The molecule has 4 nitrogen and oxygen atoms in total. The van der Waals surface area contributed by atoms with E-state index in [4.69, 9.17) is 5.73 Å². The van der Waals surface area contributed by atoms with Crippen LogP contribution in [-0.2, 0) is 11.2 Å². The van der Waals surface area contributed by atoms with Gasteiger partial charge in [0.05, 0.1) is 6.54 Å². The van der Waals surface area contributed by atoms with Crippen LogP contribution in [0.4, 0.5) is 0 Å². The minimum absolute atomic E-state index is 0.121. The van der Waals surface area contributed by atoms with Gasteiger partial charge in [-0.3, -0.25) is 9.69 Å². The first-order valence-corrected chi connectivity index (χ1v) is 7.93. The van der Waals surface area contributed by atoms with Gasteiger partial charge in [-0.25, -0.2) is 0 Å². The molecule has 0 aliphatic carbocycles. The smallest absolute Gasteiger partial charge is 0.234 e. The first-order valence-electron chi connectivity index (χ1n) is 7.93. The van der Waals surface area contributed by atoms with Gasteiger partial charge in [-0.2, -0.15) is 0 Å². The van der Waals surface area contributed by atoms with Gasteiger partial charge in [0.2, 0.25) is 5.91 Å². The highest BCUT2D eigenvalue weighted by Gasteiger charge is 2.25. The van der Waals surface area contributed by atoms with Crippen LogP contribution in [0.1, 0.15) is 25.3 Å². The van der Waals surface area contributed by atoms with Crippen LogP contribution in [0.3, 0.4) is 0 Å². The second-order valence-corrected chi connectivity index (χ2v) is 6.04. The molecule has 2 unspecified atom stereocenters. The molecular weight excluding hydrogens is 262 g/mol. The van der Waals surface area contributed by atoms with Crippen molar-refractivity contribution in [3.63, 3.8) is 0 Å². The molecule has 1 aliphatic rings. The molecule has 2 rings (SSSR count). The average molecular weight is 289 g/mol. The van der Waals surface area contributed by atoms with Gasteiger partial charge in [-0.05, 0) is 44.2 Å². The molecular formula is C17H27N3O. The predicted octanol–water partition coefficient (Wildman–Crippen LogP) is 1.40. The summed E-state index contributed by atoms with van der Waals surface area (Å²) in [6, 6.07) is 10.7. The zero-order valence-electron chi connectivity index (χ0n) is 12.9. The normalized spacial score (nSPS) is 23.0. The third kappa shape index (κ3) is 5.14. The molecule has 1 aromatic rings. The van der Waals surface area contributed by atoms with Gasteiger partial charge >= 0.3 is 0 Å². The molecule has 2 atom stereocenters. The lowest BCUT2D eigenvalue weighted by atomic mass is 9.93. The van der Waals surface area contributed by atoms with E-state index in [2.05, 4.69) is 29.3 Å². The van der Waals surface area contributed by atoms with Crippen LogP contribution in [0.15, 0.2) is 30.3 Å². The highest BCUT2D eigenvalue weighted by atomic mass is 16.2. The summed E-state index contributed by atoms with van der Waals surface area (Å²) in [5, 5.41) is 3.02. The van der Waals surface area contributed by atoms with Crippen molar-refractivity contribution in [2.45, 2.75) is 32.2 Å². The van der Waals surface area contributed by atoms with Gasteiger partial charge in [0.1, 0.15) is 0 Å². The van der Waals surface area contributed by atoms with E-state index in [9.17, 15) is 4.79 Å². The molecule has 3 N–H and O–H groups in total. The van der Waals surface area contributed by atoms with Crippen molar-refractivity contribution in [2.24, 2.45) is 11.7 Å². The first kappa shape index (κ1) is 16.0. The monoisotopic (exact) mass is 289 g/mol. The molecule has 1 saturated heterocycles. The number of rotatable bonds is 6. The Morgan fingerprint density at radius 3 is 2.81 bits per heavy atom. The topological polar surface area (TPSA) is 58.4 Å². The Hall–Kier alpha value is -1.39. The number of nitrogens with one attached hydrogen (secondary N) is 1. The van der Waals surface area contributed by atoms with Crippen molar-refractivity contribution in [1.82, 2.24) is 10.2 Å². The van der Waals surface area contributed by atoms with Crippen molar-refractivity contribution >= 4 is 5.91 Å². The van der Waals surface area contributed by atoms with Crippen LogP contribution in [0.2, 0.25) is 0 Å². The number of carbonyl (C=O) groups excluding carboxylic acids is 1. The summed E-state index contributed by atoms with van der Waals surface area (Å²) in [4.78, 5) is 14.3. The van der Waals surface area contributed by atoms with Crippen molar-refractivity contribution in [1.29, 1.82) is 0 Å². The van der Waals surface area contributed by atoms with Crippen molar-refractivity contribution in [3.05, 3.63) is 35.9 Å². The molecule has 1 aliphatic heterocycles. The number of likely N-dealkylation sites (tertiary alicyclic amines) is 1. The van der Waals surface area contributed by atoms with Crippen molar-refractivity contribution in [2.75, 3.05) is 26.2 Å². The van der Waals surface area contributed by atoms with Gasteiger partial charge < -0.3 is 11.1 Å². The van der Waals surface area contributed by atoms with E-state index in [1.165, 1.54) is 12.0 Å². The van der Waals surface area contributed by atoms with E-state index in [1.807, 2.05) is 18.2 Å². The van der Waals surface area contributed by atoms with E-state index >= 15 is 0 Å². The summed E-state index contributed by atoms with van der Waals surface area (Å²) in [5.74, 6) is 0.661. The molecule has 0 bridgehead atoms. The zero-order valence-corrected chi connectivity index (χ0v) is 12.9. The van der Waals surface area contributed by atoms with E-state index in [0.29, 0.717) is 25.0 Å². The number of carbonyl (C=O) groups is 1. The maximum atomic E-state index is 12.1. The summed E-state index contributed by atoms with van der Waals surface area (Å²) in [5.41, 5.74) is 7.02. The molecule has 0 aromatic heterocycles. The number of benzene rings is 1. The lowest BCUT2D eigenvalue weighted by molar-refractivity contribution is -0.123. The van der Waals surface area contributed by atoms with Crippen LogP contribution in [0.5, 0.6) is 0 Å². The molecule has 1 amide bonds. The van der Waals surface area contributed by atoms with Crippen molar-refractivity contribution < 1.29 is 4.79 Å².